The van der Waals surface area contributed by atoms with E-state index in [9.17, 15) is 20.4 Å². The van der Waals surface area contributed by atoms with E-state index in [2.05, 4.69) is 0 Å². The molecule has 0 saturated carbocycles. The van der Waals surface area contributed by atoms with Crippen LogP contribution in [0.3, 0.4) is 0 Å². The van der Waals surface area contributed by atoms with Crippen LogP contribution < -0.4 is 9.47 Å². The molecule has 2 aromatic carbocycles. The van der Waals surface area contributed by atoms with Gasteiger partial charge in [-0.3, -0.25) is 0 Å². The summed E-state index contributed by atoms with van der Waals surface area (Å²) < 4.78 is 11.3. The molecular formula is C18H18O6. The van der Waals surface area contributed by atoms with Crippen LogP contribution in [0, 0.1) is 0 Å². The Labute approximate surface area is 138 Å². The summed E-state index contributed by atoms with van der Waals surface area (Å²) in [7, 11) is 0. The second-order valence-corrected chi connectivity index (χ2v) is 6.15. The van der Waals surface area contributed by atoms with Gasteiger partial charge in [0, 0.05) is 40.8 Å². The molecule has 0 fully saturated rings. The molecule has 2 aromatic rings. The Balaban J connectivity index is 1.93. The Morgan fingerprint density at radius 2 is 1.62 bits per heavy atom. The number of benzene rings is 2. The Morgan fingerprint density at radius 3 is 2.46 bits per heavy atom. The molecule has 0 bridgehead atoms. The lowest BCUT2D eigenvalue weighted by Gasteiger charge is -2.31. The van der Waals surface area contributed by atoms with Crippen LogP contribution in [0.15, 0.2) is 18.2 Å². The van der Waals surface area contributed by atoms with E-state index in [1.807, 2.05) is 0 Å². The number of ether oxygens (including phenoxy) is 2. The van der Waals surface area contributed by atoms with Crippen LogP contribution in [-0.4, -0.2) is 33.6 Å². The molecule has 24 heavy (non-hydrogen) atoms. The summed E-state index contributed by atoms with van der Waals surface area (Å²) in [5, 5.41) is 40.5. The van der Waals surface area contributed by atoms with E-state index >= 15 is 0 Å². The summed E-state index contributed by atoms with van der Waals surface area (Å²) in [6, 6.07) is 4.03. The van der Waals surface area contributed by atoms with Crippen molar-refractivity contribution in [2.75, 3.05) is 13.2 Å². The number of phenols is 4. The standard InChI is InChI=1S/C18H18O6/c19-9-6-13(21)16-11(3-5-23-15(16)7-9)17-14(22)8-12(20)10-2-1-4-24-18(10)17/h6-8,11,19-22H,1-5H2. The Morgan fingerprint density at radius 1 is 0.833 bits per heavy atom. The third kappa shape index (κ3) is 2.18. The Kier molecular flexibility index (Phi) is 3.33. The van der Waals surface area contributed by atoms with Crippen LogP contribution in [0.5, 0.6) is 34.5 Å². The van der Waals surface area contributed by atoms with E-state index in [1.54, 1.807) is 0 Å². The van der Waals surface area contributed by atoms with E-state index in [-0.39, 0.29) is 28.9 Å². The first-order chi connectivity index (χ1) is 11.6. The number of aromatic hydroxyl groups is 4. The molecule has 2 aliphatic heterocycles. The molecule has 6 heteroatoms. The lowest BCUT2D eigenvalue weighted by Crippen LogP contribution is -2.18. The molecule has 4 rings (SSSR count). The molecular weight excluding hydrogens is 312 g/mol. The molecule has 4 N–H and O–H groups in total. The summed E-state index contributed by atoms with van der Waals surface area (Å²) in [5.74, 6) is 0.310. The molecule has 0 saturated heterocycles. The average Bonchev–Trinajstić information content (AvgIpc) is 2.54. The number of fused-ring (bicyclic) bond motifs is 2. The minimum Gasteiger partial charge on any atom is -0.508 e. The monoisotopic (exact) mass is 330 g/mol. The van der Waals surface area contributed by atoms with Crippen molar-refractivity contribution in [3.63, 3.8) is 0 Å². The second-order valence-electron chi connectivity index (χ2n) is 6.15. The third-order valence-corrected chi connectivity index (χ3v) is 4.66. The molecule has 6 nitrogen and oxygen atoms in total. The first-order valence-electron chi connectivity index (χ1n) is 7.95. The summed E-state index contributed by atoms with van der Waals surface area (Å²) in [5.41, 5.74) is 1.74. The fourth-order valence-corrected chi connectivity index (χ4v) is 3.64. The van der Waals surface area contributed by atoms with Crippen molar-refractivity contribution in [1.82, 2.24) is 0 Å². The summed E-state index contributed by atoms with van der Waals surface area (Å²) >= 11 is 0. The van der Waals surface area contributed by atoms with Gasteiger partial charge in [-0.25, -0.2) is 0 Å². The van der Waals surface area contributed by atoms with Gasteiger partial charge in [-0.15, -0.1) is 0 Å². The normalized spacial score (nSPS) is 18.9. The largest absolute Gasteiger partial charge is 0.508 e. The topological polar surface area (TPSA) is 99.4 Å². The van der Waals surface area contributed by atoms with Crippen LogP contribution in [0.4, 0.5) is 0 Å². The molecule has 0 aromatic heterocycles. The maximum atomic E-state index is 10.5. The van der Waals surface area contributed by atoms with Gasteiger partial charge in [0.1, 0.15) is 34.5 Å². The van der Waals surface area contributed by atoms with Crippen LogP contribution in [-0.2, 0) is 6.42 Å². The van der Waals surface area contributed by atoms with E-state index in [4.69, 9.17) is 9.47 Å². The molecule has 126 valence electrons. The van der Waals surface area contributed by atoms with Crippen molar-refractivity contribution in [3.8, 4) is 34.5 Å². The SMILES string of the molecule is Oc1cc(O)c2c(c1)OCCC2c1c(O)cc(O)c2c1OCCC2. The summed E-state index contributed by atoms with van der Waals surface area (Å²) in [6.45, 7) is 0.899. The quantitative estimate of drug-likeness (QED) is 0.642. The van der Waals surface area contributed by atoms with Gasteiger partial charge in [-0.2, -0.15) is 0 Å². The molecule has 0 aliphatic carbocycles. The maximum absolute atomic E-state index is 10.5. The smallest absolute Gasteiger partial charge is 0.133 e. The van der Waals surface area contributed by atoms with Crippen LogP contribution >= 0.6 is 0 Å². The zero-order valence-corrected chi connectivity index (χ0v) is 13.0. The highest BCUT2D eigenvalue weighted by Gasteiger charge is 2.34. The van der Waals surface area contributed by atoms with Gasteiger partial charge in [-0.1, -0.05) is 0 Å². The van der Waals surface area contributed by atoms with Crippen molar-refractivity contribution in [1.29, 1.82) is 0 Å². The zero-order valence-electron chi connectivity index (χ0n) is 13.0. The van der Waals surface area contributed by atoms with Gasteiger partial charge in [-0.05, 0) is 19.3 Å². The number of rotatable bonds is 1. The van der Waals surface area contributed by atoms with Gasteiger partial charge in [0.2, 0.25) is 0 Å². The fourth-order valence-electron chi connectivity index (χ4n) is 3.64. The van der Waals surface area contributed by atoms with Crippen LogP contribution in [0.1, 0.15) is 35.4 Å². The lowest BCUT2D eigenvalue weighted by molar-refractivity contribution is 0.255. The maximum Gasteiger partial charge on any atom is 0.133 e. The predicted molar refractivity (Wildman–Crippen MR) is 85.3 cm³/mol. The van der Waals surface area contributed by atoms with Crippen LogP contribution in [0.2, 0.25) is 0 Å². The second kappa shape index (κ2) is 5.40. The van der Waals surface area contributed by atoms with Crippen molar-refractivity contribution < 1.29 is 29.9 Å². The van der Waals surface area contributed by atoms with E-state index in [0.29, 0.717) is 54.2 Å². The van der Waals surface area contributed by atoms with Crippen molar-refractivity contribution >= 4 is 0 Å². The first-order valence-corrected chi connectivity index (χ1v) is 7.95. The molecule has 1 unspecified atom stereocenters. The highest BCUT2D eigenvalue weighted by atomic mass is 16.5. The van der Waals surface area contributed by atoms with Crippen LogP contribution in [0.25, 0.3) is 0 Å². The van der Waals surface area contributed by atoms with Crippen molar-refractivity contribution in [3.05, 3.63) is 34.9 Å². The Hall–Kier alpha value is -2.76. The fraction of sp³-hybridized carbons (Fsp3) is 0.333. The number of hydrogen-bond donors (Lipinski definition) is 4. The Bertz CT molecular complexity index is 814. The predicted octanol–water partition coefficient (Wildman–Crippen LogP) is 2.75. The number of phenolic OH excluding ortho intramolecular Hbond substituents is 4. The van der Waals surface area contributed by atoms with E-state index in [1.165, 1.54) is 18.2 Å². The zero-order chi connectivity index (χ0) is 16.8. The highest BCUT2D eigenvalue weighted by molar-refractivity contribution is 5.64. The van der Waals surface area contributed by atoms with Crippen molar-refractivity contribution in [2.45, 2.75) is 25.2 Å². The highest BCUT2D eigenvalue weighted by Crippen LogP contribution is 2.52. The van der Waals surface area contributed by atoms with E-state index < -0.39 is 0 Å². The lowest BCUT2D eigenvalue weighted by atomic mass is 9.83. The van der Waals surface area contributed by atoms with Gasteiger partial charge in [0.15, 0.2) is 0 Å². The summed E-state index contributed by atoms with van der Waals surface area (Å²) in [6.07, 6.45) is 2.01. The average molecular weight is 330 g/mol. The van der Waals surface area contributed by atoms with Gasteiger partial charge in [0.05, 0.1) is 13.2 Å². The molecule has 2 aliphatic rings. The molecule has 1 atom stereocenters. The summed E-state index contributed by atoms with van der Waals surface area (Å²) in [4.78, 5) is 0. The number of hydrogen-bond acceptors (Lipinski definition) is 6. The van der Waals surface area contributed by atoms with Gasteiger partial charge >= 0.3 is 0 Å². The van der Waals surface area contributed by atoms with Gasteiger partial charge < -0.3 is 29.9 Å². The molecule has 0 amide bonds. The molecule has 0 spiro atoms. The first kappa shape index (κ1) is 14.8. The van der Waals surface area contributed by atoms with Gasteiger partial charge in [0.25, 0.3) is 0 Å². The minimum absolute atomic E-state index is 0.0214. The minimum atomic E-state index is -0.346. The third-order valence-electron chi connectivity index (χ3n) is 4.66. The molecule has 0 radical (unpaired) electrons. The molecule has 2 heterocycles. The van der Waals surface area contributed by atoms with Crippen molar-refractivity contribution in [2.24, 2.45) is 0 Å². The van der Waals surface area contributed by atoms with E-state index in [0.717, 1.165) is 6.42 Å².